The van der Waals surface area contributed by atoms with Gasteiger partial charge in [0.2, 0.25) is 0 Å². The van der Waals surface area contributed by atoms with Crippen molar-refractivity contribution in [2.45, 2.75) is 13.3 Å². The fourth-order valence-electron chi connectivity index (χ4n) is 0.887. The lowest BCUT2D eigenvalue weighted by Crippen LogP contribution is -1.79. The van der Waals surface area contributed by atoms with Crippen LogP contribution >= 0.6 is 74.6 Å². The third kappa shape index (κ3) is 4.19. The molecular weight excluding hydrogens is 348 g/mol. The highest BCUT2D eigenvalue weighted by atomic mass is 35.9. The van der Waals surface area contributed by atoms with E-state index in [1.807, 2.05) is 6.92 Å². The summed E-state index contributed by atoms with van der Waals surface area (Å²) in [6.45, 7) is -0.443. The van der Waals surface area contributed by atoms with Crippen molar-refractivity contribution in [1.29, 1.82) is 0 Å². The normalized spacial score (nSPS) is 33.9. The minimum absolute atomic E-state index is 0.604. The average Bonchev–Trinajstić information content (AvgIpc) is 1.75. The first-order valence-electron chi connectivity index (χ1n) is 3.57. The van der Waals surface area contributed by atoms with Gasteiger partial charge in [0.1, 0.15) is 0 Å². The molecule has 1 aliphatic heterocycles. The van der Waals surface area contributed by atoms with E-state index in [2.05, 4.69) is 13.5 Å². The molecule has 0 aromatic heterocycles. The molecule has 1 heterocycles. The monoisotopic (exact) mass is 353 g/mol. The van der Waals surface area contributed by atoms with Crippen molar-refractivity contribution in [3.8, 4) is 0 Å². The average molecular weight is 355 g/mol. The molecule has 14 heavy (non-hydrogen) atoms. The molecule has 1 aliphatic rings. The molecule has 0 spiro atoms. The molecular formula is C3H7Cl5N3P3. The Kier molecular flexibility index (Phi) is 4.86. The van der Waals surface area contributed by atoms with Crippen LogP contribution in [-0.2, 0) is 0 Å². The van der Waals surface area contributed by atoms with Crippen LogP contribution in [0, 0.1) is 0 Å². The van der Waals surface area contributed by atoms with Gasteiger partial charge in [-0.15, -0.1) is 0 Å². The number of hydrogen-bond acceptors (Lipinski definition) is 3. The van der Waals surface area contributed by atoms with Crippen molar-refractivity contribution in [2.75, 3.05) is 6.16 Å². The Morgan fingerprint density at radius 3 is 1.79 bits per heavy atom. The fraction of sp³-hybridized carbons (Fsp3) is 1.00. The van der Waals surface area contributed by atoms with E-state index >= 15 is 0 Å². The Morgan fingerprint density at radius 1 is 0.857 bits per heavy atom. The molecule has 0 saturated carbocycles. The lowest BCUT2D eigenvalue weighted by molar-refractivity contribution is 1.09. The van der Waals surface area contributed by atoms with E-state index in [1.165, 1.54) is 0 Å². The lowest BCUT2D eigenvalue weighted by Gasteiger charge is -2.21. The maximum atomic E-state index is 6.18. The first kappa shape index (κ1) is 14.2. The van der Waals surface area contributed by atoms with Gasteiger partial charge in [-0.3, -0.25) is 0 Å². The minimum atomic E-state index is -2.81. The fourth-order valence-corrected chi connectivity index (χ4v) is 19.6. The van der Waals surface area contributed by atoms with E-state index in [-0.39, 0.29) is 0 Å². The van der Waals surface area contributed by atoms with Gasteiger partial charge in [-0.1, -0.05) is 18.2 Å². The molecule has 0 aromatic carbocycles. The zero-order valence-electron chi connectivity index (χ0n) is 6.99. The predicted molar refractivity (Wildman–Crippen MR) is 72.5 cm³/mol. The number of nitrogens with zero attached hydrogens (tertiary/aromatic N) is 3. The highest BCUT2D eigenvalue weighted by molar-refractivity contribution is 8.22. The van der Waals surface area contributed by atoms with Crippen LogP contribution in [-0.4, -0.2) is 6.16 Å². The van der Waals surface area contributed by atoms with E-state index < -0.39 is 18.4 Å². The zero-order valence-corrected chi connectivity index (χ0v) is 13.5. The first-order chi connectivity index (χ1) is 6.18. The molecule has 1 rings (SSSR count). The van der Waals surface area contributed by atoms with E-state index in [4.69, 9.17) is 56.2 Å². The molecule has 1 unspecified atom stereocenters. The first-order valence-corrected chi connectivity index (χ1v) is 13.4. The van der Waals surface area contributed by atoms with Gasteiger partial charge in [0.15, 0.2) is 6.56 Å². The van der Waals surface area contributed by atoms with Gasteiger partial charge in [0, 0.05) is 6.16 Å². The Hall–Kier alpha value is 2.14. The summed E-state index contributed by atoms with van der Waals surface area (Å²) in [5, 5.41) is 0. The van der Waals surface area contributed by atoms with Crippen LogP contribution in [0.15, 0.2) is 13.5 Å². The molecule has 0 aliphatic carbocycles. The third-order valence-corrected chi connectivity index (χ3v) is 14.5. The van der Waals surface area contributed by atoms with Crippen molar-refractivity contribution in [3.05, 3.63) is 0 Å². The van der Waals surface area contributed by atoms with Crippen molar-refractivity contribution in [3.63, 3.8) is 0 Å². The molecule has 0 aromatic rings. The lowest BCUT2D eigenvalue weighted by atomic mass is 10.6. The van der Waals surface area contributed by atoms with E-state index in [9.17, 15) is 0 Å². The zero-order chi connectivity index (χ0) is 11.0. The maximum absolute atomic E-state index is 6.18. The summed E-state index contributed by atoms with van der Waals surface area (Å²) in [7, 11) is 0. The maximum Gasteiger partial charge on any atom is 0.256 e. The summed E-state index contributed by atoms with van der Waals surface area (Å²) < 4.78 is 12.0. The Bertz CT molecular complexity index is 383. The van der Waals surface area contributed by atoms with E-state index in [0.717, 1.165) is 6.42 Å². The molecule has 11 heteroatoms. The Balaban J connectivity index is 3.33. The summed E-state index contributed by atoms with van der Waals surface area (Å²) in [6.07, 6.45) is 1.43. The molecule has 0 amide bonds. The topological polar surface area (TPSA) is 37.1 Å². The molecule has 0 radical (unpaired) electrons. The van der Waals surface area contributed by atoms with Crippen LogP contribution in [0.2, 0.25) is 0 Å². The molecule has 84 valence electrons. The quantitative estimate of drug-likeness (QED) is 0.459. The third-order valence-electron chi connectivity index (χ3n) is 1.21. The van der Waals surface area contributed by atoms with Gasteiger partial charge in [0.05, 0.1) is 0 Å². The van der Waals surface area contributed by atoms with Crippen LogP contribution in [0.4, 0.5) is 0 Å². The van der Waals surface area contributed by atoms with Gasteiger partial charge >= 0.3 is 0 Å². The van der Waals surface area contributed by atoms with E-state index in [0.29, 0.717) is 6.16 Å². The molecule has 0 N–H and O–H groups in total. The van der Waals surface area contributed by atoms with Gasteiger partial charge < -0.3 is 0 Å². The second kappa shape index (κ2) is 4.79. The standard InChI is InChI=1S/C3H7Cl5N3P3/c1-2-3-12(4)9-13(5,6)11-14(7,8)10-12/h2-3H2,1H3. The summed E-state index contributed by atoms with van der Waals surface area (Å²) >= 11 is 29.6. The van der Waals surface area contributed by atoms with Crippen LogP contribution < -0.4 is 0 Å². The van der Waals surface area contributed by atoms with Gasteiger partial charge in [-0.25, -0.2) is 0 Å². The van der Waals surface area contributed by atoms with Crippen LogP contribution in [0.3, 0.4) is 0 Å². The van der Waals surface area contributed by atoms with E-state index in [1.54, 1.807) is 0 Å². The second-order valence-electron chi connectivity index (χ2n) is 2.55. The second-order valence-corrected chi connectivity index (χ2v) is 16.6. The summed E-state index contributed by atoms with van der Waals surface area (Å²) in [4.78, 5) is 0. The predicted octanol–water partition coefficient (Wildman–Crippen LogP) is 7.53. The SMILES string of the molecule is CCCP1(Cl)=NP(Cl)(Cl)=NP(Cl)(Cl)=N1. The highest BCUT2D eigenvalue weighted by Crippen LogP contribution is 2.86. The van der Waals surface area contributed by atoms with Gasteiger partial charge in [-0.2, -0.15) is 13.5 Å². The van der Waals surface area contributed by atoms with Crippen LogP contribution in [0.5, 0.6) is 0 Å². The van der Waals surface area contributed by atoms with Crippen LogP contribution in [0.25, 0.3) is 0 Å². The Labute approximate surface area is 107 Å². The van der Waals surface area contributed by atoms with Crippen molar-refractivity contribution >= 4 is 74.6 Å². The minimum Gasteiger partial charge on any atom is -0.198 e. The molecule has 1 atom stereocenters. The summed E-state index contributed by atoms with van der Waals surface area (Å²) in [6, 6.07) is 0. The molecule has 0 saturated heterocycles. The highest BCUT2D eigenvalue weighted by Gasteiger charge is 2.31. The van der Waals surface area contributed by atoms with Crippen molar-refractivity contribution in [2.24, 2.45) is 13.5 Å². The number of halogens is 5. The Morgan fingerprint density at radius 2 is 1.36 bits per heavy atom. The summed E-state index contributed by atoms with van der Waals surface area (Å²) in [5.74, 6) is -5.61. The number of hydrogen-bond donors (Lipinski definition) is 0. The van der Waals surface area contributed by atoms with Crippen LogP contribution in [0.1, 0.15) is 13.3 Å². The summed E-state index contributed by atoms with van der Waals surface area (Å²) in [5.41, 5.74) is 0. The molecule has 3 nitrogen and oxygen atoms in total. The molecule has 0 bridgehead atoms. The largest absolute Gasteiger partial charge is 0.256 e. The van der Waals surface area contributed by atoms with Crippen molar-refractivity contribution in [1.82, 2.24) is 0 Å². The van der Waals surface area contributed by atoms with Gasteiger partial charge in [-0.05, 0) is 51.4 Å². The smallest absolute Gasteiger partial charge is 0.198 e. The van der Waals surface area contributed by atoms with Crippen molar-refractivity contribution < 1.29 is 0 Å². The molecule has 0 fully saturated rings. The van der Waals surface area contributed by atoms with Gasteiger partial charge in [0.25, 0.3) is 11.8 Å². The number of rotatable bonds is 2.